The van der Waals surface area contributed by atoms with E-state index >= 15 is 0 Å². The molecule has 0 radical (unpaired) electrons. The van der Waals surface area contributed by atoms with Crippen LogP contribution in [-0.2, 0) is 11.2 Å². The lowest BCUT2D eigenvalue weighted by atomic mass is 10.0. The highest BCUT2D eigenvalue weighted by atomic mass is 19.3. The molecule has 124 valence electrons. The third-order valence-electron chi connectivity index (χ3n) is 3.78. The van der Waals surface area contributed by atoms with Crippen LogP contribution in [0.2, 0.25) is 0 Å². The number of rotatable bonds is 6. The zero-order valence-corrected chi connectivity index (χ0v) is 13.5. The Kier molecular flexibility index (Phi) is 5.13. The summed E-state index contributed by atoms with van der Waals surface area (Å²) in [6, 6.07) is 5.79. The van der Waals surface area contributed by atoms with Crippen molar-refractivity contribution in [2.24, 2.45) is 0 Å². The Bertz CT molecular complexity index is 736. The molecule has 0 unspecified atom stereocenters. The molecule has 2 rings (SSSR count). The number of aromatic nitrogens is 1. The first-order chi connectivity index (χ1) is 10.8. The van der Waals surface area contributed by atoms with Gasteiger partial charge in [-0.15, -0.1) is 0 Å². The van der Waals surface area contributed by atoms with Gasteiger partial charge in [0.25, 0.3) is 12.3 Å². The van der Waals surface area contributed by atoms with E-state index < -0.39 is 12.2 Å². The van der Waals surface area contributed by atoms with Gasteiger partial charge in [-0.25, -0.2) is 8.78 Å². The smallest absolute Gasteiger partial charge is 0.295 e. The Morgan fingerprint density at radius 2 is 1.96 bits per heavy atom. The minimum Gasteiger partial charge on any atom is -0.350 e. The molecule has 0 aliphatic rings. The summed E-state index contributed by atoms with van der Waals surface area (Å²) in [6.45, 7) is 1.95. The van der Waals surface area contributed by atoms with Crippen LogP contribution in [0.5, 0.6) is 0 Å². The molecule has 0 bridgehead atoms. The van der Waals surface area contributed by atoms with E-state index in [-0.39, 0.29) is 18.7 Å². The summed E-state index contributed by atoms with van der Waals surface area (Å²) in [5.74, 6) is -1.23. The van der Waals surface area contributed by atoms with Gasteiger partial charge in [0, 0.05) is 31.4 Å². The lowest BCUT2D eigenvalue weighted by Gasteiger charge is -2.11. The van der Waals surface area contributed by atoms with Gasteiger partial charge in [-0.2, -0.15) is 0 Å². The SMILES string of the molecule is Cc1ccc2[nH]c(C(=O)N(C)C)c(CCCC(=O)C(F)F)c2c1. The monoisotopic (exact) mass is 322 g/mol. The second kappa shape index (κ2) is 6.89. The van der Waals surface area contributed by atoms with Gasteiger partial charge in [0.05, 0.1) is 0 Å². The minimum absolute atomic E-state index is 0.172. The summed E-state index contributed by atoms with van der Waals surface area (Å²) in [5, 5.41) is 0.902. The summed E-state index contributed by atoms with van der Waals surface area (Å²) in [5.41, 5.74) is 3.12. The van der Waals surface area contributed by atoms with E-state index in [1.165, 1.54) is 4.90 Å². The number of nitrogens with zero attached hydrogens (tertiary/aromatic N) is 1. The highest BCUT2D eigenvalue weighted by molar-refractivity contribution is 6.01. The molecule has 1 amide bonds. The first-order valence-electron chi connectivity index (χ1n) is 7.45. The number of aryl methyl sites for hydroxylation is 2. The fourth-order valence-electron chi connectivity index (χ4n) is 2.58. The quantitative estimate of drug-likeness (QED) is 0.887. The van der Waals surface area contributed by atoms with Crippen molar-refractivity contribution in [3.8, 4) is 0 Å². The number of aromatic amines is 1. The van der Waals surface area contributed by atoms with Crippen LogP contribution < -0.4 is 0 Å². The number of hydrogen-bond donors (Lipinski definition) is 1. The van der Waals surface area contributed by atoms with Gasteiger partial charge in [0.15, 0.2) is 5.78 Å². The van der Waals surface area contributed by atoms with Gasteiger partial charge in [-0.1, -0.05) is 11.6 Å². The Balaban J connectivity index is 2.34. The largest absolute Gasteiger partial charge is 0.350 e. The van der Waals surface area contributed by atoms with Crippen molar-refractivity contribution >= 4 is 22.6 Å². The number of carbonyl (C=O) groups excluding carboxylic acids is 2. The molecule has 0 aliphatic carbocycles. The first-order valence-corrected chi connectivity index (χ1v) is 7.45. The van der Waals surface area contributed by atoms with Crippen molar-refractivity contribution in [3.63, 3.8) is 0 Å². The molecule has 1 heterocycles. The molecule has 23 heavy (non-hydrogen) atoms. The van der Waals surface area contributed by atoms with Gasteiger partial charge in [0.2, 0.25) is 0 Å². The van der Waals surface area contributed by atoms with Crippen molar-refractivity contribution in [2.45, 2.75) is 32.6 Å². The summed E-state index contributed by atoms with van der Waals surface area (Å²) >= 11 is 0. The second-order valence-electron chi connectivity index (χ2n) is 5.85. The van der Waals surface area contributed by atoms with Gasteiger partial charge < -0.3 is 9.88 Å². The van der Waals surface area contributed by atoms with Crippen LogP contribution in [0.3, 0.4) is 0 Å². The molecule has 0 saturated heterocycles. The number of Topliss-reactive ketones (excluding diaryl/α,β-unsaturated/α-hetero) is 1. The minimum atomic E-state index is -2.93. The summed E-state index contributed by atoms with van der Waals surface area (Å²) in [7, 11) is 3.31. The molecule has 2 aromatic rings. The number of fused-ring (bicyclic) bond motifs is 1. The van der Waals surface area contributed by atoms with Crippen molar-refractivity contribution in [2.75, 3.05) is 14.1 Å². The summed E-state index contributed by atoms with van der Waals surface area (Å²) < 4.78 is 24.6. The average Bonchev–Trinajstić information content (AvgIpc) is 2.84. The molecule has 1 N–H and O–H groups in total. The van der Waals surface area contributed by atoms with Crippen LogP contribution in [0.1, 0.15) is 34.5 Å². The van der Waals surface area contributed by atoms with Crippen LogP contribution >= 0.6 is 0 Å². The Labute approximate surface area is 133 Å². The number of carbonyl (C=O) groups is 2. The summed E-state index contributed by atoms with van der Waals surface area (Å²) in [6.07, 6.45) is -2.43. The van der Waals surface area contributed by atoms with Crippen LogP contribution in [0, 0.1) is 6.92 Å². The number of amides is 1. The maximum atomic E-state index is 12.3. The lowest BCUT2D eigenvalue weighted by Crippen LogP contribution is -2.23. The molecule has 0 atom stereocenters. The number of benzene rings is 1. The predicted octanol–water partition coefficient (Wildman–Crippen LogP) is 3.34. The zero-order chi connectivity index (χ0) is 17.1. The highest BCUT2D eigenvalue weighted by Gasteiger charge is 2.20. The molecule has 1 aromatic heterocycles. The third kappa shape index (κ3) is 3.75. The van der Waals surface area contributed by atoms with Gasteiger partial charge >= 0.3 is 0 Å². The van der Waals surface area contributed by atoms with Crippen LogP contribution in [0.15, 0.2) is 18.2 Å². The molecular weight excluding hydrogens is 302 g/mol. The van der Waals surface area contributed by atoms with Crippen molar-refractivity contribution in [3.05, 3.63) is 35.0 Å². The van der Waals surface area contributed by atoms with Gasteiger partial charge in [0.1, 0.15) is 5.69 Å². The van der Waals surface area contributed by atoms with E-state index in [0.717, 1.165) is 22.0 Å². The van der Waals surface area contributed by atoms with E-state index in [4.69, 9.17) is 0 Å². The molecule has 6 heteroatoms. The topological polar surface area (TPSA) is 53.2 Å². The van der Waals surface area contributed by atoms with Crippen molar-refractivity contribution in [1.29, 1.82) is 0 Å². The fourth-order valence-corrected chi connectivity index (χ4v) is 2.58. The zero-order valence-electron chi connectivity index (χ0n) is 13.5. The number of nitrogens with one attached hydrogen (secondary N) is 1. The highest BCUT2D eigenvalue weighted by Crippen LogP contribution is 2.26. The number of halogens is 2. The normalized spacial score (nSPS) is 11.2. The molecule has 0 fully saturated rings. The summed E-state index contributed by atoms with van der Waals surface area (Å²) in [4.78, 5) is 28.0. The van der Waals surface area contributed by atoms with Gasteiger partial charge in [-0.05, 0) is 37.5 Å². The lowest BCUT2D eigenvalue weighted by molar-refractivity contribution is -0.129. The Hall–Kier alpha value is -2.24. The standard InChI is InChI=1S/C17H20F2N2O2/c1-10-7-8-13-12(9-10)11(5-4-6-14(22)16(18)19)15(20-13)17(23)21(2)3/h7-9,16,20H,4-6H2,1-3H3. The fraction of sp³-hybridized carbons (Fsp3) is 0.412. The van der Waals surface area contributed by atoms with E-state index in [9.17, 15) is 18.4 Å². The van der Waals surface area contributed by atoms with Gasteiger partial charge in [-0.3, -0.25) is 9.59 Å². The van der Waals surface area contributed by atoms with E-state index in [1.807, 2.05) is 25.1 Å². The maximum Gasteiger partial charge on any atom is 0.295 e. The molecule has 1 aromatic carbocycles. The molecule has 0 aliphatic heterocycles. The number of ketones is 1. The maximum absolute atomic E-state index is 12.3. The first kappa shape index (κ1) is 17.1. The van der Waals surface area contributed by atoms with E-state index in [1.54, 1.807) is 14.1 Å². The Morgan fingerprint density at radius 1 is 1.26 bits per heavy atom. The van der Waals surface area contributed by atoms with Crippen molar-refractivity contribution < 1.29 is 18.4 Å². The average molecular weight is 322 g/mol. The second-order valence-corrected chi connectivity index (χ2v) is 5.85. The molecular formula is C17H20F2N2O2. The number of H-pyrrole nitrogens is 1. The van der Waals surface area contributed by atoms with E-state index in [0.29, 0.717) is 12.1 Å². The Morgan fingerprint density at radius 3 is 2.57 bits per heavy atom. The number of alkyl halides is 2. The van der Waals surface area contributed by atoms with Crippen molar-refractivity contribution in [1.82, 2.24) is 9.88 Å². The predicted molar refractivity (Wildman–Crippen MR) is 85.0 cm³/mol. The number of hydrogen-bond acceptors (Lipinski definition) is 2. The van der Waals surface area contributed by atoms with Crippen LogP contribution in [0.25, 0.3) is 10.9 Å². The van der Waals surface area contributed by atoms with Crippen LogP contribution in [-0.4, -0.2) is 42.1 Å². The van der Waals surface area contributed by atoms with Crippen LogP contribution in [0.4, 0.5) is 8.78 Å². The molecule has 0 saturated carbocycles. The molecule has 0 spiro atoms. The van der Waals surface area contributed by atoms with E-state index in [2.05, 4.69) is 4.98 Å². The molecule has 4 nitrogen and oxygen atoms in total. The third-order valence-corrected chi connectivity index (χ3v) is 3.78.